The summed E-state index contributed by atoms with van der Waals surface area (Å²) in [5.41, 5.74) is 7.55. The number of rotatable bonds is 7. The Balaban J connectivity index is 1.70. The Morgan fingerprint density at radius 3 is 2.68 bits per heavy atom. The molecular formula is C19H23N5O4. The van der Waals surface area contributed by atoms with E-state index in [1.165, 1.54) is 6.92 Å². The van der Waals surface area contributed by atoms with E-state index in [0.717, 1.165) is 5.69 Å². The molecule has 1 amide bonds. The standard InChI is InChI=1S/C19H23N5O4/c1-3-27-17(26)10-11-24-18-15(22-19(24)20)8-9-16(23-18)28-14-6-4-13(5-7-14)21-12(2)25/h4-9,19,22H,3,10-11,20H2,1-2H3,(H,21,25). The second-order valence-corrected chi connectivity index (χ2v) is 6.17. The Kier molecular flexibility index (Phi) is 5.95. The van der Waals surface area contributed by atoms with Crippen LogP contribution in [-0.2, 0) is 14.3 Å². The van der Waals surface area contributed by atoms with Crippen LogP contribution in [0, 0.1) is 0 Å². The van der Waals surface area contributed by atoms with Gasteiger partial charge in [0.25, 0.3) is 0 Å². The van der Waals surface area contributed by atoms with E-state index in [-0.39, 0.29) is 18.3 Å². The number of hydrogen-bond donors (Lipinski definition) is 3. The van der Waals surface area contributed by atoms with Crippen LogP contribution < -0.4 is 26.0 Å². The Bertz CT molecular complexity index is 856. The summed E-state index contributed by atoms with van der Waals surface area (Å²) in [5.74, 6) is 1.16. The second-order valence-electron chi connectivity index (χ2n) is 6.17. The van der Waals surface area contributed by atoms with E-state index in [2.05, 4.69) is 15.6 Å². The van der Waals surface area contributed by atoms with Crippen LogP contribution in [0.4, 0.5) is 17.2 Å². The molecule has 1 unspecified atom stereocenters. The van der Waals surface area contributed by atoms with Gasteiger partial charge in [-0.3, -0.25) is 15.3 Å². The van der Waals surface area contributed by atoms with E-state index in [1.54, 1.807) is 42.2 Å². The van der Waals surface area contributed by atoms with Gasteiger partial charge in [-0.25, -0.2) is 0 Å². The van der Waals surface area contributed by atoms with Gasteiger partial charge in [0, 0.05) is 25.2 Å². The predicted octanol–water partition coefficient (Wildman–Crippen LogP) is 2.26. The summed E-state index contributed by atoms with van der Waals surface area (Å²) in [6.45, 7) is 3.94. The predicted molar refractivity (Wildman–Crippen MR) is 105 cm³/mol. The lowest BCUT2D eigenvalue weighted by Crippen LogP contribution is -2.44. The van der Waals surface area contributed by atoms with Gasteiger partial charge >= 0.3 is 5.97 Å². The number of nitrogens with two attached hydrogens (primary N) is 1. The first-order valence-electron chi connectivity index (χ1n) is 8.97. The number of nitrogens with zero attached hydrogens (tertiary/aromatic N) is 2. The third-order valence-corrected chi connectivity index (χ3v) is 4.02. The molecule has 4 N–H and O–H groups in total. The number of anilines is 3. The average Bonchev–Trinajstić information content (AvgIpc) is 2.96. The van der Waals surface area contributed by atoms with E-state index < -0.39 is 6.29 Å². The van der Waals surface area contributed by atoms with Crippen LogP contribution in [0.3, 0.4) is 0 Å². The van der Waals surface area contributed by atoms with Gasteiger partial charge in [-0.15, -0.1) is 0 Å². The van der Waals surface area contributed by atoms with Gasteiger partial charge in [-0.05, 0) is 37.3 Å². The van der Waals surface area contributed by atoms with E-state index in [0.29, 0.717) is 36.3 Å². The molecule has 148 valence electrons. The van der Waals surface area contributed by atoms with Gasteiger partial charge < -0.3 is 25.0 Å². The van der Waals surface area contributed by atoms with Crippen molar-refractivity contribution in [3.63, 3.8) is 0 Å². The topological polar surface area (TPSA) is 119 Å². The Morgan fingerprint density at radius 1 is 1.25 bits per heavy atom. The molecular weight excluding hydrogens is 362 g/mol. The van der Waals surface area contributed by atoms with E-state index in [9.17, 15) is 9.59 Å². The highest BCUT2D eigenvalue weighted by atomic mass is 16.5. The van der Waals surface area contributed by atoms with Crippen LogP contribution in [0.1, 0.15) is 20.3 Å². The third kappa shape index (κ3) is 4.68. The van der Waals surface area contributed by atoms with Crippen molar-refractivity contribution in [1.82, 2.24) is 4.98 Å². The number of amides is 1. The first-order valence-corrected chi connectivity index (χ1v) is 8.97. The number of nitrogens with one attached hydrogen (secondary N) is 2. The zero-order valence-corrected chi connectivity index (χ0v) is 15.8. The van der Waals surface area contributed by atoms with Gasteiger partial charge in [-0.2, -0.15) is 4.98 Å². The SMILES string of the molecule is CCOC(=O)CCN1c2nc(Oc3ccc(NC(C)=O)cc3)ccc2NC1N. The summed E-state index contributed by atoms with van der Waals surface area (Å²) in [4.78, 5) is 29.0. The number of fused-ring (bicyclic) bond motifs is 1. The molecule has 0 saturated carbocycles. The van der Waals surface area contributed by atoms with Crippen molar-refractivity contribution in [2.45, 2.75) is 26.6 Å². The van der Waals surface area contributed by atoms with E-state index in [4.69, 9.17) is 15.2 Å². The van der Waals surface area contributed by atoms with Gasteiger partial charge in [0.2, 0.25) is 11.8 Å². The van der Waals surface area contributed by atoms with Crippen molar-refractivity contribution in [3.05, 3.63) is 36.4 Å². The summed E-state index contributed by atoms with van der Waals surface area (Å²) in [6, 6.07) is 10.5. The molecule has 0 radical (unpaired) electrons. The van der Waals surface area contributed by atoms with E-state index in [1.807, 2.05) is 6.07 Å². The molecule has 1 aliphatic rings. The van der Waals surface area contributed by atoms with Gasteiger partial charge in [-0.1, -0.05) is 0 Å². The summed E-state index contributed by atoms with van der Waals surface area (Å²) < 4.78 is 10.8. The van der Waals surface area contributed by atoms with Crippen molar-refractivity contribution in [2.75, 3.05) is 28.7 Å². The maximum absolute atomic E-state index is 11.6. The lowest BCUT2D eigenvalue weighted by molar-refractivity contribution is -0.142. The molecule has 1 aromatic carbocycles. The van der Waals surface area contributed by atoms with Crippen molar-refractivity contribution < 1.29 is 19.1 Å². The van der Waals surface area contributed by atoms with Gasteiger partial charge in [0.1, 0.15) is 5.75 Å². The van der Waals surface area contributed by atoms with Crippen molar-refractivity contribution in [3.8, 4) is 11.6 Å². The molecule has 28 heavy (non-hydrogen) atoms. The molecule has 9 nitrogen and oxygen atoms in total. The van der Waals surface area contributed by atoms with Crippen LogP contribution in [0.5, 0.6) is 11.6 Å². The van der Waals surface area contributed by atoms with Gasteiger partial charge in [0.15, 0.2) is 12.1 Å². The van der Waals surface area contributed by atoms with Crippen LogP contribution in [0.15, 0.2) is 36.4 Å². The molecule has 1 atom stereocenters. The molecule has 3 rings (SSSR count). The number of esters is 1. The monoisotopic (exact) mass is 385 g/mol. The lowest BCUT2D eigenvalue weighted by Gasteiger charge is -2.22. The molecule has 0 bridgehead atoms. The fourth-order valence-corrected chi connectivity index (χ4v) is 2.81. The fraction of sp³-hybridized carbons (Fsp3) is 0.316. The number of ether oxygens (including phenoxy) is 2. The molecule has 1 aromatic heterocycles. The lowest BCUT2D eigenvalue weighted by atomic mass is 10.3. The third-order valence-electron chi connectivity index (χ3n) is 4.02. The number of carbonyl (C=O) groups excluding carboxylic acids is 2. The summed E-state index contributed by atoms with van der Waals surface area (Å²) in [6.07, 6.45) is -0.274. The minimum Gasteiger partial charge on any atom is -0.466 e. The molecule has 1 aliphatic heterocycles. The molecule has 0 aliphatic carbocycles. The molecule has 0 fully saturated rings. The van der Waals surface area contributed by atoms with Crippen molar-refractivity contribution >= 4 is 29.1 Å². The summed E-state index contributed by atoms with van der Waals surface area (Å²) in [5, 5.41) is 5.81. The molecule has 9 heteroatoms. The van der Waals surface area contributed by atoms with Crippen LogP contribution >= 0.6 is 0 Å². The van der Waals surface area contributed by atoms with Gasteiger partial charge in [0.05, 0.1) is 18.7 Å². The summed E-state index contributed by atoms with van der Waals surface area (Å²) in [7, 11) is 0. The smallest absolute Gasteiger partial charge is 0.307 e. The van der Waals surface area contributed by atoms with E-state index >= 15 is 0 Å². The number of carbonyl (C=O) groups is 2. The Hall–Kier alpha value is -3.33. The highest BCUT2D eigenvalue weighted by Gasteiger charge is 2.28. The minimum absolute atomic E-state index is 0.138. The number of hydrogen-bond acceptors (Lipinski definition) is 8. The van der Waals surface area contributed by atoms with Crippen LogP contribution in [0.25, 0.3) is 0 Å². The highest BCUT2D eigenvalue weighted by Crippen LogP contribution is 2.34. The quantitative estimate of drug-likeness (QED) is 0.621. The van der Waals surface area contributed by atoms with Crippen molar-refractivity contribution in [1.29, 1.82) is 0 Å². The Morgan fingerprint density at radius 2 is 2.00 bits per heavy atom. The highest BCUT2D eigenvalue weighted by molar-refractivity contribution is 5.88. The minimum atomic E-state index is -0.482. The molecule has 2 aromatic rings. The number of aromatic nitrogens is 1. The summed E-state index contributed by atoms with van der Waals surface area (Å²) >= 11 is 0. The molecule has 0 spiro atoms. The fourth-order valence-electron chi connectivity index (χ4n) is 2.81. The zero-order valence-electron chi connectivity index (χ0n) is 15.8. The molecule has 2 heterocycles. The normalized spacial score (nSPS) is 14.8. The zero-order chi connectivity index (χ0) is 20.1. The first-order chi connectivity index (χ1) is 13.5. The first kappa shape index (κ1) is 19.4. The number of pyridine rings is 1. The van der Waals surface area contributed by atoms with Crippen molar-refractivity contribution in [2.24, 2.45) is 5.73 Å². The maximum Gasteiger partial charge on any atom is 0.307 e. The average molecular weight is 385 g/mol. The van der Waals surface area contributed by atoms with Crippen LogP contribution in [0.2, 0.25) is 0 Å². The Labute approximate surface area is 162 Å². The number of benzene rings is 1. The largest absolute Gasteiger partial charge is 0.466 e. The second kappa shape index (κ2) is 8.57. The maximum atomic E-state index is 11.6. The molecule has 0 saturated heterocycles. The van der Waals surface area contributed by atoms with Crippen LogP contribution in [-0.4, -0.2) is 36.3 Å².